The second-order valence-corrected chi connectivity index (χ2v) is 7.46. The van der Waals surface area contributed by atoms with E-state index in [1.807, 2.05) is 0 Å². The second kappa shape index (κ2) is 5.75. The third-order valence-electron chi connectivity index (χ3n) is 3.52. The Hall–Kier alpha value is -0.690. The first-order valence-electron chi connectivity index (χ1n) is 6.02. The van der Waals surface area contributed by atoms with E-state index < -0.39 is 15.7 Å². The average molecular weight is 307 g/mol. The normalized spacial score (nSPS) is 23.4. The minimum Gasteiger partial charge on any atom is -0.271 e. The molecule has 1 aliphatic heterocycles. The maximum atomic E-state index is 13.4. The number of nitrogens with one attached hydrogen (secondary N) is 1. The lowest BCUT2D eigenvalue weighted by Crippen LogP contribution is -2.43. The largest absolute Gasteiger partial charge is 0.271 e. The quantitative estimate of drug-likeness (QED) is 0.649. The third-order valence-corrected chi connectivity index (χ3v) is 5.74. The lowest BCUT2D eigenvalue weighted by atomic mass is 9.93. The van der Waals surface area contributed by atoms with Gasteiger partial charge in [-0.2, -0.15) is 0 Å². The Kier molecular flexibility index (Phi) is 4.45. The molecule has 4 nitrogen and oxygen atoms in total. The highest BCUT2D eigenvalue weighted by Gasteiger charge is 2.33. The van der Waals surface area contributed by atoms with Gasteiger partial charge in [0, 0.05) is 6.04 Å². The van der Waals surface area contributed by atoms with Crippen molar-refractivity contribution < 1.29 is 12.8 Å². The minimum absolute atomic E-state index is 0.0608. The number of hydrazine groups is 1. The van der Waals surface area contributed by atoms with Crippen LogP contribution in [0.4, 0.5) is 4.39 Å². The maximum absolute atomic E-state index is 13.4. The first-order chi connectivity index (χ1) is 8.93. The van der Waals surface area contributed by atoms with E-state index in [-0.39, 0.29) is 28.5 Å². The van der Waals surface area contributed by atoms with Crippen LogP contribution in [-0.4, -0.2) is 26.0 Å². The van der Waals surface area contributed by atoms with Crippen LogP contribution >= 0.6 is 11.6 Å². The van der Waals surface area contributed by atoms with Gasteiger partial charge < -0.3 is 0 Å². The minimum atomic E-state index is -2.96. The predicted molar refractivity (Wildman–Crippen MR) is 73.0 cm³/mol. The standard InChI is InChI=1S/C12H16ClFN2O2S/c13-12-8(2-1-3-10(12)14)6-11(16-15)9-4-5-19(17,18)7-9/h1-3,9,11,16H,4-7,15H2. The summed E-state index contributed by atoms with van der Waals surface area (Å²) in [5, 5.41) is 0.0728. The van der Waals surface area contributed by atoms with E-state index in [1.165, 1.54) is 6.07 Å². The predicted octanol–water partition coefficient (Wildman–Crippen LogP) is 1.29. The van der Waals surface area contributed by atoms with Crippen LogP contribution in [0.3, 0.4) is 0 Å². The molecule has 1 aromatic rings. The maximum Gasteiger partial charge on any atom is 0.150 e. The molecule has 1 aliphatic rings. The first kappa shape index (κ1) is 14.7. The molecule has 19 heavy (non-hydrogen) atoms. The molecular weight excluding hydrogens is 291 g/mol. The van der Waals surface area contributed by atoms with Crippen molar-refractivity contribution in [2.45, 2.75) is 18.9 Å². The fraction of sp³-hybridized carbons (Fsp3) is 0.500. The molecule has 0 bridgehead atoms. The van der Waals surface area contributed by atoms with Gasteiger partial charge in [-0.05, 0) is 30.4 Å². The summed E-state index contributed by atoms with van der Waals surface area (Å²) in [5.74, 6) is 5.26. The van der Waals surface area contributed by atoms with Crippen molar-refractivity contribution in [3.05, 3.63) is 34.6 Å². The van der Waals surface area contributed by atoms with Gasteiger partial charge in [0.1, 0.15) is 5.82 Å². The van der Waals surface area contributed by atoms with Crippen LogP contribution in [0.5, 0.6) is 0 Å². The van der Waals surface area contributed by atoms with E-state index in [1.54, 1.807) is 12.1 Å². The Morgan fingerprint density at radius 1 is 1.53 bits per heavy atom. The van der Waals surface area contributed by atoms with Crippen LogP contribution in [0, 0.1) is 11.7 Å². The summed E-state index contributed by atoms with van der Waals surface area (Å²) in [5.41, 5.74) is 3.26. The van der Waals surface area contributed by atoms with E-state index in [2.05, 4.69) is 5.43 Å². The molecule has 1 aromatic carbocycles. The number of rotatable bonds is 4. The summed E-state index contributed by atoms with van der Waals surface area (Å²) in [4.78, 5) is 0. The highest BCUT2D eigenvalue weighted by molar-refractivity contribution is 7.91. The van der Waals surface area contributed by atoms with Crippen molar-refractivity contribution in [3.8, 4) is 0 Å². The summed E-state index contributed by atoms with van der Waals surface area (Å²) in [7, 11) is -2.96. The van der Waals surface area contributed by atoms with Crippen molar-refractivity contribution in [1.29, 1.82) is 0 Å². The molecule has 0 amide bonds. The van der Waals surface area contributed by atoms with Gasteiger partial charge in [-0.1, -0.05) is 23.7 Å². The molecule has 0 spiro atoms. The van der Waals surface area contributed by atoms with Gasteiger partial charge in [0.15, 0.2) is 9.84 Å². The van der Waals surface area contributed by atoms with Gasteiger partial charge in [0.25, 0.3) is 0 Å². The molecule has 2 rings (SSSR count). The van der Waals surface area contributed by atoms with Gasteiger partial charge >= 0.3 is 0 Å². The van der Waals surface area contributed by atoms with Crippen LogP contribution < -0.4 is 11.3 Å². The van der Waals surface area contributed by atoms with Crippen LogP contribution in [0.25, 0.3) is 0 Å². The van der Waals surface area contributed by atoms with Crippen molar-refractivity contribution in [1.82, 2.24) is 5.43 Å². The van der Waals surface area contributed by atoms with E-state index >= 15 is 0 Å². The van der Waals surface area contributed by atoms with Gasteiger partial charge in [0.05, 0.1) is 16.5 Å². The van der Waals surface area contributed by atoms with Gasteiger partial charge in [-0.25, -0.2) is 12.8 Å². The number of hydrogen-bond donors (Lipinski definition) is 2. The monoisotopic (exact) mass is 306 g/mol. The summed E-state index contributed by atoms with van der Waals surface area (Å²) in [6, 6.07) is 4.36. The lowest BCUT2D eigenvalue weighted by Gasteiger charge is -2.22. The molecule has 2 atom stereocenters. The summed E-state index contributed by atoms with van der Waals surface area (Å²) in [6.07, 6.45) is 0.984. The highest BCUT2D eigenvalue weighted by Crippen LogP contribution is 2.27. The van der Waals surface area contributed by atoms with Crippen molar-refractivity contribution >= 4 is 21.4 Å². The fourth-order valence-electron chi connectivity index (χ4n) is 2.45. The zero-order valence-corrected chi connectivity index (χ0v) is 11.8. The zero-order valence-electron chi connectivity index (χ0n) is 10.3. The molecule has 3 N–H and O–H groups in total. The number of nitrogens with two attached hydrogens (primary N) is 1. The van der Waals surface area contributed by atoms with Crippen molar-refractivity contribution in [2.75, 3.05) is 11.5 Å². The first-order valence-corrected chi connectivity index (χ1v) is 8.22. The Bertz CT molecular complexity index is 565. The van der Waals surface area contributed by atoms with E-state index in [0.717, 1.165) is 0 Å². The van der Waals surface area contributed by atoms with Crippen molar-refractivity contribution in [2.24, 2.45) is 11.8 Å². The summed E-state index contributed by atoms with van der Waals surface area (Å²) >= 11 is 5.90. The highest BCUT2D eigenvalue weighted by atomic mass is 35.5. The molecule has 1 fully saturated rings. The summed E-state index contributed by atoms with van der Waals surface area (Å²) < 4.78 is 36.3. The molecule has 0 aliphatic carbocycles. The summed E-state index contributed by atoms with van der Waals surface area (Å²) in [6.45, 7) is 0. The smallest absolute Gasteiger partial charge is 0.150 e. The molecule has 0 aromatic heterocycles. The van der Waals surface area contributed by atoms with Gasteiger partial charge in [-0.3, -0.25) is 11.3 Å². The molecule has 7 heteroatoms. The number of halogens is 2. The SMILES string of the molecule is NNC(Cc1cccc(F)c1Cl)C1CCS(=O)(=O)C1. The lowest BCUT2D eigenvalue weighted by molar-refractivity contribution is 0.385. The number of benzene rings is 1. The Morgan fingerprint density at radius 2 is 2.26 bits per heavy atom. The fourth-order valence-corrected chi connectivity index (χ4v) is 4.53. The molecule has 106 valence electrons. The average Bonchev–Trinajstić information content (AvgIpc) is 2.71. The molecular formula is C12H16ClFN2O2S. The van der Waals surface area contributed by atoms with Gasteiger partial charge in [-0.15, -0.1) is 0 Å². The van der Waals surface area contributed by atoms with E-state index in [4.69, 9.17) is 17.4 Å². The van der Waals surface area contributed by atoms with E-state index in [9.17, 15) is 12.8 Å². The second-order valence-electron chi connectivity index (χ2n) is 4.85. The van der Waals surface area contributed by atoms with E-state index in [0.29, 0.717) is 18.4 Å². The Labute approximate surface area is 117 Å². The topological polar surface area (TPSA) is 72.2 Å². The Balaban J connectivity index is 2.14. The molecule has 0 saturated carbocycles. The zero-order chi connectivity index (χ0) is 14.0. The molecule has 0 radical (unpaired) electrons. The van der Waals surface area contributed by atoms with Crippen LogP contribution in [0.15, 0.2) is 18.2 Å². The van der Waals surface area contributed by atoms with Crippen LogP contribution in [0.1, 0.15) is 12.0 Å². The van der Waals surface area contributed by atoms with Crippen LogP contribution in [0.2, 0.25) is 5.02 Å². The molecule has 1 saturated heterocycles. The molecule has 2 unspecified atom stereocenters. The number of hydrogen-bond acceptors (Lipinski definition) is 4. The van der Waals surface area contributed by atoms with Gasteiger partial charge in [0.2, 0.25) is 0 Å². The van der Waals surface area contributed by atoms with Crippen molar-refractivity contribution in [3.63, 3.8) is 0 Å². The van der Waals surface area contributed by atoms with Crippen LogP contribution in [-0.2, 0) is 16.3 Å². The number of sulfone groups is 1. The molecule has 1 heterocycles. The third kappa shape index (κ3) is 3.45. The Morgan fingerprint density at radius 3 is 2.84 bits per heavy atom.